The molecular weight excluding hydrogens is 206 g/mol. The minimum atomic E-state index is -0.921. The molecule has 2 rings (SSSR count). The highest BCUT2D eigenvalue weighted by molar-refractivity contribution is 5.87. The third-order valence-corrected chi connectivity index (χ3v) is 3.21. The number of carbonyl (C=O) groups is 1. The first-order valence-electron chi connectivity index (χ1n) is 5.52. The Bertz CT molecular complexity index is 423. The quantitative estimate of drug-likeness (QED) is 0.808. The lowest BCUT2D eigenvalue weighted by Gasteiger charge is -2.30. The third-order valence-electron chi connectivity index (χ3n) is 3.21. The Hall–Kier alpha value is -1.36. The summed E-state index contributed by atoms with van der Waals surface area (Å²) in [6.45, 7) is 6.01. The first-order chi connectivity index (χ1) is 7.50. The normalized spacial score (nSPS) is 16.5. The number of aromatic carboxylic acids is 1. The molecular formula is C11H17N3O2. The van der Waals surface area contributed by atoms with E-state index in [-0.39, 0.29) is 5.69 Å². The van der Waals surface area contributed by atoms with Crippen LogP contribution < -0.4 is 0 Å². The molecule has 1 aromatic heterocycles. The van der Waals surface area contributed by atoms with E-state index in [4.69, 9.17) is 5.11 Å². The molecule has 1 aliphatic rings. The Morgan fingerprint density at radius 3 is 2.75 bits per heavy atom. The average Bonchev–Trinajstić information content (AvgIpc) is 2.56. The molecule has 1 aliphatic heterocycles. The predicted octanol–water partition coefficient (Wildman–Crippen LogP) is 0.885. The van der Waals surface area contributed by atoms with Gasteiger partial charge in [-0.15, -0.1) is 0 Å². The van der Waals surface area contributed by atoms with Crippen LogP contribution in [0.5, 0.6) is 0 Å². The second-order valence-corrected chi connectivity index (χ2v) is 4.52. The second kappa shape index (κ2) is 3.90. The van der Waals surface area contributed by atoms with Crippen LogP contribution in [0.4, 0.5) is 0 Å². The summed E-state index contributed by atoms with van der Waals surface area (Å²) in [6.07, 6.45) is 0.781. The summed E-state index contributed by atoms with van der Waals surface area (Å²) in [6, 6.07) is 0.483. The predicted molar refractivity (Wildman–Crippen MR) is 59.4 cm³/mol. The maximum absolute atomic E-state index is 11.0. The molecule has 0 aromatic carbocycles. The van der Waals surface area contributed by atoms with Crippen LogP contribution in [0.2, 0.25) is 0 Å². The number of rotatable bonds is 2. The van der Waals surface area contributed by atoms with Gasteiger partial charge in [-0.25, -0.2) is 4.79 Å². The number of hydrogen-bond acceptors (Lipinski definition) is 3. The number of hydrogen-bond donors (Lipinski definition) is 1. The van der Waals surface area contributed by atoms with Gasteiger partial charge in [0, 0.05) is 31.7 Å². The fourth-order valence-corrected chi connectivity index (χ4v) is 2.20. The smallest absolute Gasteiger partial charge is 0.356 e. The van der Waals surface area contributed by atoms with Gasteiger partial charge in [-0.1, -0.05) is 0 Å². The van der Waals surface area contributed by atoms with Crippen molar-refractivity contribution in [2.45, 2.75) is 32.9 Å². The van der Waals surface area contributed by atoms with Crippen LogP contribution in [0.15, 0.2) is 0 Å². The van der Waals surface area contributed by atoms with E-state index >= 15 is 0 Å². The topological polar surface area (TPSA) is 58.4 Å². The molecule has 2 heterocycles. The minimum absolute atomic E-state index is 0.223. The lowest BCUT2D eigenvalue weighted by atomic mass is 10.0. The van der Waals surface area contributed by atoms with Crippen molar-refractivity contribution in [2.24, 2.45) is 7.05 Å². The van der Waals surface area contributed by atoms with Crippen molar-refractivity contribution in [3.05, 3.63) is 17.0 Å². The van der Waals surface area contributed by atoms with E-state index in [0.717, 1.165) is 30.8 Å². The summed E-state index contributed by atoms with van der Waals surface area (Å²) < 4.78 is 1.70. The lowest BCUT2D eigenvalue weighted by Crippen LogP contribution is -2.36. The molecule has 5 heteroatoms. The SMILES string of the molecule is CC(C)N1CCc2c(C(=O)O)nn(C)c2C1. The zero-order valence-corrected chi connectivity index (χ0v) is 9.90. The molecule has 0 saturated heterocycles. The average molecular weight is 223 g/mol. The van der Waals surface area contributed by atoms with Gasteiger partial charge in [0.1, 0.15) is 0 Å². The molecule has 0 fully saturated rings. The van der Waals surface area contributed by atoms with Crippen LogP contribution in [0.1, 0.15) is 35.6 Å². The van der Waals surface area contributed by atoms with Gasteiger partial charge in [0.05, 0.1) is 5.69 Å². The molecule has 0 atom stereocenters. The van der Waals surface area contributed by atoms with Gasteiger partial charge in [-0.05, 0) is 20.3 Å². The molecule has 16 heavy (non-hydrogen) atoms. The lowest BCUT2D eigenvalue weighted by molar-refractivity contribution is 0.0688. The second-order valence-electron chi connectivity index (χ2n) is 4.52. The van der Waals surface area contributed by atoms with Gasteiger partial charge in [-0.3, -0.25) is 9.58 Å². The number of aromatic nitrogens is 2. The van der Waals surface area contributed by atoms with Crippen molar-refractivity contribution in [3.63, 3.8) is 0 Å². The Kier molecular flexibility index (Phi) is 2.71. The molecule has 1 N–H and O–H groups in total. The van der Waals surface area contributed by atoms with E-state index in [9.17, 15) is 4.79 Å². The van der Waals surface area contributed by atoms with Gasteiger partial charge >= 0.3 is 5.97 Å². The van der Waals surface area contributed by atoms with Crippen molar-refractivity contribution < 1.29 is 9.90 Å². The molecule has 0 bridgehead atoms. The Balaban J connectivity index is 2.36. The summed E-state index contributed by atoms with van der Waals surface area (Å²) in [5.41, 5.74) is 2.17. The number of fused-ring (bicyclic) bond motifs is 1. The number of carboxylic acid groups (broad SMARTS) is 1. The molecule has 0 radical (unpaired) electrons. The van der Waals surface area contributed by atoms with Crippen molar-refractivity contribution in [1.82, 2.24) is 14.7 Å². The van der Waals surface area contributed by atoms with E-state index in [1.807, 2.05) is 7.05 Å². The Morgan fingerprint density at radius 2 is 2.19 bits per heavy atom. The van der Waals surface area contributed by atoms with Crippen LogP contribution >= 0.6 is 0 Å². The van der Waals surface area contributed by atoms with Gasteiger partial charge in [-0.2, -0.15) is 5.10 Å². The van der Waals surface area contributed by atoms with Crippen molar-refractivity contribution in [1.29, 1.82) is 0 Å². The monoisotopic (exact) mass is 223 g/mol. The Morgan fingerprint density at radius 1 is 1.50 bits per heavy atom. The summed E-state index contributed by atoms with van der Waals surface area (Å²) in [5, 5.41) is 13.1. The van der Waals surface area contributed by atoms with Gasteiger partial charge < -0.3 is 5.11 Å². The highest BCUT2D eigenvalue weighted by Crippen LogP contribution is 2.23. The molecule has 5 nitrogen and oxygen atoms in total. The fraction of sp³-hybridized carbons (Fsp3) is 0.636. The number of aryl methyl sites for hydroxylation is 1. The number of carboxylic acids is 1. The summed E-state index contributed by atoms with van der Waals surface area (Å²) in [7, 11) is 1.81. The van der Waals surface area contributed by atoms with E-state index in [0.29, 0.717) is 6.04 Å². The molecule has 0 unspecified atom stereocenters. The molecule has 88 valence electrons. The fourth-order valence-electron chi connectivity index (χ4n) is 2.20. The first-order valence-corrected chi connectivity index (χ1v) is 5.52. The van der Waals surface area contributed by atoms with Crippen molar-refractivity contribution >= 4 is 5.97 Å². The molecule has 1 aromatic rings. The third kappa shape index (κ3) is 1.71. The maximum atomic E-state index is 11.0. The van der Waals surface area contributed by atoms with E-state index in [1.54, 1.807) is 4.68 Å². The van der Waals surface area contributed by atoms with Gasteiger partial charge in [0.15, 0.2) is 5.69 Å². The van der Waals surface area contributed by atoms with Crippen LogP contribution in [-0.2, 0) is 20.0 Å². The van der Waals surface area contributed by atoms with Crippen LogP contribution in [-0.4, -0.2) is 38.3 Å². The minimum Gasteiger partial charge on any atom is -0.476 e. The summed E-state index contributed by atoms with van der Waals surface area (Å²) in [4.78, 5) is 13.3. The highest BCUT2D eigenvalue weighted by Gasteiger charge is 2.27. The first kappa shape index (κ1) is 11.1. The van der Waals surface area contributed by atoms with Crippen molar-refractivity contribution in [3.8, 4) is 0 Å². The molecule has 0 aliphatic carbocycles. The zero-order chi connectivity index (χ0) is 11.9. The van der Waals surface area contributed by atoms with E-state index in [1.165, 1.54) is 0 Å². The van der Waals surface area contributed by atoms with Crippen LogP contribution in [0, 0.1) is 0 Å². The molecule has 0 saturated carbocycles. The molecule has 0 amide bonds. The standard InChI is InChI=1S/C11H17N3O2/c1-7(2)14-5-4-8-9(6-14)13(3)12-10(8)11(15)16/h7H,4-6H2,1-3H3,(H,15,16). The maximum Gasteiger partial charge on any atom is 0.356 e. The largest absolute Gasteiger partial charge is 0.476 e. The van der Waals surface area contributed by atoms with Gasteiger partial charge in [0.25, 0.3) is 0 Å². The van der Waals surface area contributed by atoms with E-state index < -0.39 is 5.97 Å². The van der Waals surface area contributed by atoms with Crippen LogP contribution in [0.25, 0.3) is 0 Å². The number of nitrogens with zero attached hydrogens (tertiary/aromatic N) is 3. The zero-order valence-electron chi connectivity index (χ0n) is 9.90. The van der Waals surface area contributed by atoms with Crippen molar-refractivity contribution in [2.75, 3.05) is 6.54 Å². The van der Waals surface area contributed by atoms with Crippen LogP contribution in [0.3, 0.4) is 0 Å². The van der Waals surface area contributed by atoms with E-state index in [2.05, 4.69) is 23.8 Å². The highest BCUT2D eigenvalue weighted by atomic mass is 16.4. The van der Waals surface area contributed by atoms with Gasteiger partial charge in [0.2, 0.25) is 0 Å². The Labute approximate surface area is 94.7 Å². The molecule has 0 spiro atoms. The summed E-state index contributed by atoms with van der Waals surface area (Å²) in [5.74, 6) is -0.921. The summed E-state index contributed by atoms with van der Waals surface area (Å²) >= 11 is 0.